The monoisotopic (exact) mass is 378 g/mol. The Kier molecular flexibility index (Phi) is 4.68. The molecular weight excluding hydrogens is 360 g/mol. The number of nitrogens with zero attached hydrogens (tertiary/aromatic N) is 4. The van der Waals surface area contributed by atoms with Crippen LogP contribution in [0.15, 0.2) is 54.2 Å². The van der Waals surface area contributed by atoms with Crippen molar-refractivity contribution >= 4 is 28.3 Å². The van der Waals surface area contributed by atoms with E-state index in [1.54, 1.807) is 12.3 Å². The number of carbonyl (C=O) groups excluding carboxylic acids is 1. The molecule has 7 heteroatoms. The quantitative estimate of drug-likeness (QED) is 0.479. The summed E-state index contributed by atoms with van der Waals surface area (Å²) in [5.41, 5.74) is 2.95. The van der Waals surface area contributed by atoms with Gasteiger partial charge in [-0.15, -0.1) is 11.3 Å². The molecule has 3 heterocycles. The van der Waals surface area contributed by atoms with E-state index in [9.17, 15) is 4.79 Å². The van der Waals surface area contributed by atoms with Crippen LogP contribution in [0, 0.1) is 0 Å². The van der Waals surface area contributed by atoms with Gasteiger partial charge in [-0.25, -0.2) is 19.4 Å². The molecule has 0 atom stereocenters. The van der Waals surface area contributed by atoms with Crippen LogP contribution < -0.4 is 0 Å². The molecule has 0 aliphatic heterocycles. The molecule has 6 nitrogen and oxygen atoms in total. The molecule has 136 valence electrons. The molecule has 0 bridgehead atoms. The van der Waals surface area contributed by atoms with Crippen molar-refractivity contribution in [2.75, 3.05) is 0 Å². The number of fused-ring (bicyclic) bond motifs is 1. The Morgan fingerprint density at radius 1 is 1.22 bits per heavy atom. The zero-order valence-electron chi connectivity index (χ0n) is 15.0. The highest BCUT2D eigenvalue weighted by Crippen LogP contribution is 2.24. The van der Waals surface area contributed by atoms with E-state index in [-0.39, 0.29) is 12.6 Å². The number of ether oxygens (including phenoxy) is 1. The molecule has 0 radical (unpaired) electrons. The molecule has 0 fully saturated rings. The van der Waals surface area contributed by atoms with Crippen molar-refractivity contribution in [3.05, 3.63) is 65.4 Å². The van der Waals surface area contributed by atoms with Gasteiger partial charge >= 0.3 is 5.97 Å². The van der Waals surface area contributed by atoms with Gasteiger partial charge in [0, 0.05) is 28.6 Å². The predicted molar refractivity (Wildman–Crippen MR) is 105 cm³/mol. The SMILES string of the molecule is CC(C)n1ncc2cc(C(=O)OCc3csc(-c4ccccc4)n3)cnc21. The van der Waals surface area contributed by atoms with Gasteiger partial charge in [-0.1, -0.05) is 30.3 Å². The van der Waals surface area contributed by atoms with Crippen LogP contribution in [0.5, 0.6) is 0 Å². The normalized spacial score (nSPS) is 11.2. The maximum atomic E-state index is 12.4. The van der Waals surface area contributed by atoms with Crippen LogP contribution >= 0.6 is 11.3 Å². The van der Waals surface area contributed by atoms with E-state index < -0.39 is 5.97 Å². The molecule has 0 amide bonds. The first-order valence-corrected chi connectivity index (χ1v) is 9.50. The van der Waals surface area contributed by atoms with Crippen molar-refractivity contribution in [2.45, 2.75) is 26.5 Å². The number of hydrogen-bond donors (Lipinski definition) is 0. The molecule has 0 aliphatic carbocycles. The molecule has 27 heavy (non-hydrogen) atoms. The third-order valence-corrected chi connectivity index (χ3v) is 5.02. The lowest BCUT2D eigenvalue weighted by molar-refractivity contribution is 0.0468. The molecule has 0 saturated heterocycles. The average Bonchev–Trinajstić information content (AvgIpc) is 3.33. The number of benzene rings is 1. The van der Waals surface area contributed by atoms with E-state index in [2.05, 4.69) is 15.1 Å². The maximum Gasteiger partial charge on any atom is 0.340 e. The molecule has 1 aromatic carbocycles. The first-order valence-electron chi connectivity index (χ1n) is 8.62. The molecule has 0 N–H and O–H groups in total. The zero-order chi connectivity index (χ0) is 18.8. The summed E-state index contributed by atoms with van der Waals surface area (Å²) in [6, 6.07) is 11.9. The number of pyridine rings is 1. The number of thiazole rings is 1. The van der Waals surface area contributed by atoms with Crippen molar-refractivity contribution in [3.63, 3.8) is 0 Å². The third-order valence-electron chi connectivity index (χ3n) is 4.08. The van der Waals surface area contributed by atoms with E-state index in [1.165, 1.54) is 17.5 Å². The summed E-state index contributed by atoms with van der Waals surface area (Å²) < 4.78 is 7.23. The molecule has 0 saturated carbocycles. The highest BCUT2D eigenvalue weighted by molar-refractivity contribution is 7.13. The number of hydrogen-bond acceptors (Lipinski definition) is 6. The van der Waals surface area contributed by atoms with Gasteiger partial charge in [0.05, 0.1) is 17.5 Å². The van der Waals surface area contributed by atoms with Crippen molar-refractivity contribution in [3.8, 4) is 10.6 Å². The van der Waals surface area contributed by atoms with Crippen molar-refractivity contribution in [2.24, 2.45) is 0 Å². The van der Waals surface area contributed by atoms with E-state index in [0.717, 1.165) is 27.3 Å². The van der Waals surface area contributed by atoms with Crippen LogP contribution in [0.1, 0.15) is 35.9 Å². The fourth-order valence-electron chi connectivity index (χ4n) is 2.74. The highest BCUT2D eigenvalue weighted by atomic mass is 32.1. The first kappa shape index (κ1) is 17.4. The Balaban J connectivity index is 1.45. The van der Waals surface area contributed by atoms with Crippen LogP contribution in [0.25, 0.3) is 21.6 Å². The number of esters is 1. The van der Waals surface area contributed by atoms with Crippen LogP contribution in [0.2, 0.25) is 0 Å². The Morgan fingerprint density at radius 3 is 2.81 bits per heavy atom. The maximum absolute atomic E-state index is 12.4. The Morgan fingerprint density at radius 2 is 2.04 bits per heavy atom. The Labute approximate surface area is 160 Å². The lowest BCUT2D eigenvalue weighted by Crippen LogP contribution is -2.07. The largest absolute Gasteiger partial charge is 0.456 e. The zero-order valence-corrected chi connectivity index (χ0v) is 15.8. The van der Waals surface area contributed by atoms with Gasteiger partial charge in [-0.05, 0) is 19.9 Å². The van der Waals surface area contributed by atoms with Gasteiger partial charge in [0.1, 0.15) is 11.6 Å². The standard InChI is InChI=1S/C20H18N4O2S/c1-13(2)24-18-15(10-22-24)8-16(9-21-18)20(25)26-11-17-12-27-19(23-17)14-6-4-3-5-7-14/h3-10,12-13H,11H2,1-2H3. The summed E-state index contributed by atoms with van der Waals surface area (Å²) in [7, 11) is 0. The second-order valence-electron chi connectivity index (χ2n) is 6.41. The fourth-order valence-corrected chi connectivity index (χ4v) is 3.55. The third kappa shape index (κ3) is 3.59. The van der Waals surface area contributed by atoms with E-state index >= 15 is 0 Å². The van der Waals surface area contributed by atoms with Crippen LogP contribution in [0.4, 0.5) is 0 Å². The van der Waals surface area contributed by atoms with E-state index in [1.807, 2.05) is 54.2 Å². The Bertz CT molecular complexity index is 1090. The predicted octanol–water partition coefficient (Wildman–Crippen LogP) is 4.49. The molecule has 4 rings (SSSR count). The minimum atomic E-state index is -0.420. The second kappa shape index (κ2) is 7.28. The van der Waals surface area contributed by atoms with Crippen molar-refractivity contribution in [1.82, 2.24) is 19.7 Å². The lowest BCUT2D eigenvalue weighted by Gasteiger charge is -2.06. The summed E-state index contributed by atoms with van der Waals surface area (Å²) in [5.74, 6) is -0.420. The minimum absolute atomic E-state index is 0.130. The van der Waals surface area contributed by atoms with Gasteiger partial charge in [-0.3, -0.25) is 0 Å². The van der Waals surface area contributed by atoms with E-state index in [0.29, 0.717) is 5.56 Å². The average molecular weight is 378 g/mol. The lowest BCUT2D eigenvalue weighted by atomic mass is 10.2. The van der Waals surface area contributed by atoms with Gasteiger partial charge in [0.2, 0.25) is 0 Å². The summed E-state index contributed by atoms with van der Waals surface area (Å²) in [4.78, 5) is 21.3. The number of carbonyl (C=O) groups is 1. The summed E-state index contributed by atoms with van der Waals surface area (Å²) >= 11 is 1.53. The van der Waals surface area contributed by atoms with Gasteiger partial charge < -0.3 is 4.74 Å². The van der Waals surface area contributed by atoms with Crippen LogP contribution in [-0.2, 0) is 11.3 Å². The minimum Gasteiger partial charge on any atom is -0.456 e. The smallest absolute Gasteiger partial charge is 0.340 e. The molecular formula is C20H18N4O2S. The van der Waals surface area contributed by atoms with Crippen LogP contribution in [0.3, 0.4) is 0 Å². The highest BCUT2D eigenvalue weighted by Gasteiger charge is 2.14. The van der Waals surface area contributed by atoms with Crippen molar-refractivity contribution in [1.29, 1.82) is 0 Å². The number of aromatic nitrogens is 4. The molecule has 0 unspecified atom stereocenters. The van der Waals surface area contributed by atoms with Crippen LogP contribution in [-0.4, -0.2) is 25.7 Å². The summed E-state index contributed by atoms with van der Waals surface area (Å²) in [6.07, 6.45) is 3.24. The fraction of sp³-hybridized carbons (Fsp3) is 0.200. The topological polar surface area (TPSA) is 69.9 Å². The van der Waals surface area contributed by atoms with E-state index in [4.69, 9.17) is 4.74 Å². The summed E-state index contributed by atoms with van der Waals surface area (Å²) in [6.45, 7) is 4.20. The Hall–Kier alpha value is -3.06. The molecule has 4 aromatic rings. The van der Waals surface area contributed by atoms with Crippen molar-refractivity contribution < 1.29 is 9.53 Å². The van der Waals surface area contributed by atoms with Gasteiger partial charge in [0.15, 0.2) is 5.65 Å². The van der Waals surface area contributed by atoms with Gasteiger partial charge in [-0.2, -0.15) is 5.10 Å². The second-order valence-corrected chi connectivity index (χ2v) is 7.26. The molecule has 3 aromatic heterocycles. The molecule has 0 spiro atoms. The molecule has 0 aliphatic rings. The summed E-state index contributed by atoms with van der Waals surface area (Å²) in [5, 5.41) is 7.95. The number of rotatable bonds is 5. The van der Waals surface area contributed by atoms with Gasteiger partial charge in [0.25, 0.3) is 0 Å². The first-order chi connectivity index (χ1) is 13.1.